The minimum Gasteiger partial charge on any atom is -0.377 e. The van der Waals surface area contributed by atoms with Crippen LogP contribution in [0.2, 0.25) is 6.04 Å². The van der Waals surface area contributed by atoms with E-state index < -0.39 is 8.80 Å². The van der Waals surface area contributed by atoms with Crippen molar-refractivity contribution in [2.24, 2.45) is 0 Å². The van der Waals surface area contributed by atoms with Crippen molar-refractivity contribution in [1.29, 1.82) is 0 Å². The van der Waals surface area contributed by atoms with Crippen LogP contribution in [-0.4, -0.2) is 30.1 Å². The van der Waals surface area contributed by atoms with Gasteiger partial charge in [-0.05, 0) is 19.3 Å². The Hall–Kier alpha value is -0.163. The third-order valence-electron chi connectivity index (χ3n) is 3.32. The monoisotopic (exact) mass is 274 g/mol. The second-order valence-electron chi connectivity index (χ2n) is 4.60. The summed E-state index contributed by atoms with van der Waals surface area (Å²) in [5, 5.41) is 0. The Morgan fingerprint density at radius 1 is 0.778 bits per heavy atom. The predicted octanol–water partition coefficient (Wildman–Crippen LogP) is 4.17. The van der Waals surface area contributed by atoms with Gasteiger partial charge in [0.15, 0.2) is 0 Å². The molecule has 0 fully saturated rings. The Balaban J connectivity index is 3.41. The third kappa shape index (κ3) is 8.03. The molecular weight excluding hydrogens is 244 g/mol. The molecule has 0 aromatic heterocycles. The van der Waals surface area contributed by atoms with Gasteiger partial charge in [-0.2, -0.15) is 0 Å². The van der Waals surface area contributed by atoms with Crippen LogP contribution in [0.3, 0.4) is 0 Å². The van der Waals surface area contributed by atoms with E-state index in [-0.39, 0.29) is 0 Å². The molecule has 0 rings (SSSR count). The second-order valence-corrected chi connectivity index (χ2v) is 7.69. The summed E-state index contributed by atoms with van der Waals surface area (Å²) in [6.07, 6.45) is 12.1. The fourth-order valence-electron chi connectivity index (χ4n) is 2.07. The van der Waals surface area contributed by atoms with Crippen molar-refractivity contribution in [3.63, 3.8) is 0 Å². The highest BCUT2D eigenvalue weighted by molar-refractivity contribution is 6.60. The Labute approximate surface area is 114 Å². The van der Waals surface area contributed by atoms with Crippen LogP contribution in [0.25, 0.3) is 0 Å². The van der Waals surface area contributed by atoms with Gasteiger partial charge in [0.25, 0.3) is 0 Å². The lowest BCUT2D eigenvalue weighted by atomic mass is 10.1. The fraction of sp³-hybridized carbons (Fsp3) is 0.857. The molecule has 4 heteroatoms. The van der Waals surface area contributed by atoms with E-state index in [4.69, 9.17) is 13.3 Å². The lowest BCUT2D eigenvalue weighted by Gasteiger charge is -2.24. The molecule has 0 aliphatic carbocycles. The molecule has 0 saturated carbocycles. The van der Waals surface area contributed by atoms with Crippen LogP contribution in [-0.2, 0) is 13.3 Å². The molecule has 0 aliphatic rings. The summed E-state index contributed by atoms with van der Waals surface area (Å²) in [5.74, 6) is 0. The molecule has 18 heavy (non-hydrogen) atoms. The minimum atomic E-state index is -2.31. The van der Waals surface area contributed by atoms with Crippen molar-refractivity contribution in [2.45, 2.75) is 57.4 Å². The zero-order valence-electron chi connectivity index (χ0n) is 12.4. The molecular formula is C14H30O3Si. The summed E-state index contributed by atoms with van der Waals surface area (Å²) in [4.78, 5) is 0. The van der Waals surface area contributed by atoms with Crippen LogP contribution in [0.15, 0.2) is 12.7 Å². The quantitative estimate of drug-likeness (QED) is 0.286. The molecule has 0 aliphatic heterocycles. The first-order chi connectivity index (χ1) is 8.74. The normalized spacial score (nSPS) is 11.7. The van der Waals surface area contributed by atoms with E-state index >= 15 is 0 Å². The zero-order chi connectivity index (χ0) is 13.7. The molecule has 0 radical (unpaired) electrons. The van der Waals surface area contributed by atoms with Crippen LogP contribution in [0.4, 0.5) is 0 Å². The molecule has 0 N–H and O–H groups in total. The van der Waals surface area contributed by atoms with Crippen molar-refractivity contribution in [3.8, 4) is 0 Å². The van der Waals surface area contributed by atoms with E-state index in [1.54, 1.807) is 21.3 Å². The number of unbranched alkanes of at least 4 members (excludes halogenated alkanes) is 7. The van der Waals surface area contributed by atoms with Gasteiger partial charge < -0.3 is 13.3 Å². The van der Waals surface area contributed by atoms with E-state index in [0.717, 1.165) is 18.9 Å². The van der Waals surface area contributed by atoms with Gasteiger partial charge >= 0.3 is 8.80 Å². The zero-order valence-corrected chi connectivity index (χ0v) is 13.4. The Morgan fingerprint density at radius 3 is 1.67 bits per heavy atom. The lowest BCUT2D eigenvalue weighted by Crippen LogP contribution is -2.42. The topological polar surface area (TPSA) is 27.7 Å². The first kappa shape index (κ1) is 17.8. The number of hydrogen-bond acceptors (Lipinski definition) is 3. The highest BCUT2D eigenvalue weighted by atomic mass is 28.4. The van der Waals surface area contributed by atoms with Gasteiger partial charge in [-0.15, -0.1) is 6.58 Å². The molecule has 0 bridgehead atoms. The molecule has 3 nitrogen and oxygen atoms in total. The molecule has 0 amide bonds. The van der Waals surface area contributed by atoms with E-state index in [2.05, 4.69) is 6.58 Å². The first-order valence-corrected chi connectivity index (χ1v) is 8.94. The Morgan fingerprint density at radius 2 is 1.22 bits per heavy atom. The smallest absolute Gasteiger partial charge is 0.377 e. The molecule has 0 saturated heterocycles. The van der Waals surface area contributed by atoms with Crippen molar-refractivity contribution >= 4 is 8.80 Å². The summed E-state index contributed by atoms with van der Waals surface area (Å²) < 4.78 is 16.2. The predicted molar refractivity (Wildman–Crippen MR) is 78.7 cm³/mol. The van der Waals surface area contributed by atoms with Crippen molar-refractivity contribution in [3.05, 3.63) is 12.7 Å². The van der Waals surface area contributed by atoms with Gasteiger partial charge in [-0.3, -0.25) is 0 Å². The van der Waals surface area contributed by atoms with E-state index in [1.807, 2.05) is 6.08 Å². The van der Waals surface area contributed by atoms with Crippen LogP contribution in [0.1, 0.15) is 51.4 Å². The van der Waals surface area contributed by atoms with Gasteiger partial charge in [0, 0.05) is 27.4 Å². The average Bonchev–Trinajstić information content (AvgIpc) is 2.42. The van der Waals surface area contributed by atoms with Crippen LogP contribution >= 0.6 is 0 Å². The summed E-state index contributed by atoms with van der Waals surface area (Å²) in [6.45, 7) is 3.73. The van der Waals surface area contributed by atoms with Gasteiger partial charge in [0.05, 0.1) is 0 Å². The Kier molecular flexibility index (Phi) is 11.8. The molecule has 0 aromatic rings. The lowest BCUT2D eigenvalue weighted by molar-refractivity contribution is 0.122. The number of allylic oxidation sites excluding steroid dienone is 1. The molecule has 0 aromatic carbocycles. The molecule has 108 valence electrons. The number of rotatable bonds is 13. The fourth-order valence-corrected chi connectivity index (χ4v) is 3.87. The largest absolute Gasteiger partial charge is 0.500 e. The van der Waals surface area contributed by atoms with Gasteiger partial charge in [0.1, 0.15) is 0 Å². The van der Waals surface area contributed by atoms with Crippen molar-refractivity contribution in [2.75, 3.05) is 21.3 Å². The van der Waals surface area contributed by atoms with Crippen LogP contribution < -0.4 is 0 Å². The third-order valence-corrected chi connectivity index (χ3v) is 6.16. The average molecular weight is 274 g/mol. The number of hydrogen-bond donors (Lipinski definition) is 0. The van der Waals surface area contributed by atoms with E-state index in [1.165, 1.54) is 38.5 Å². The minimum absolute atomic E-state index is 0.924. The molecule has 0 unspecified atom stereocenters. The highest BCUT2D eigenvalue weighted by Gasteiger charge is 2.36. The summed E-state index contributed by atoms with van der Waals surface area (Å²) in [7, 11) is 2.72. The van der Waals surface area contributed by atoms with E-state index in [9.17, 15) is 0 Å². The van der Waals surface area contributed by atoms with Crippen molar-refractivity contribution in [1.82, 2.24) is 0 Å². The second kappa shape index (κ2) is 11.9. The van der Waals surface area contributed by atoms with E-state index in [0.29, 0.717) is 0 Å². The van der Waals surface area contributed by atoms with Gasteiger partial charge in [-0.1, -0.05) is 38.2 Å². The molecule has 0 heterocycles. The highest BCUT2D eigenvalue weighted by Crippen LogP contribution is 2.18. The molecule has 0 spiro atoms. The maximum Gasteiger partial charge on any atom is 0.500 e. The summed E-state index contributed by atoms with van der Waals surface area (Å²) in [5.41, 5.74) is 0. The van der Waals surface area contributed by atoms with Gasteiger partial charge in [0.2, 0.25) is 0 Å². The van der Waals surface area contributed by atoms with Crippen LogP contribution in [0, 0.1) is 0 Å². The van der Waals surface area contributed by atoms with Crippen LogP contribution in [0.5, 0.6) is 0 Å². The summed E-state index contributed by atoms with van der Waals surface area (Å²) in [6, 6.07) is 0.924. The standard InChI is InChI=1S/C14H30O3Si/c1-5-6-7-8-9-10-11-12-13-14-18(15-2,16-3)17-4/h5H,1,6-14H2,2-4H3. The van der Waals surface area contributed by atoms with Crippen molar-refractivity contribution < 1.29 is 13.3 Å². The maximum atomic E-state index is 5.39. The van der Waals surface area contributed by atoms with Gasteiger partial charge in [-0.25, -0.2) is 0 Å². The maximum absolute atomic E-state index is 5.39. The SMILES string of the molecule is C=CCCCCCCCCC[Si](OC)(OC)OC. The summed E-state index contributed by atoms with van der Waals surface area (Å²) >= 11 is 0. The molecule has 0 atom stereocenters. The first-order valence-electron chi connectivity index (χ1n) is 7.01. The Bertz CT molecular complexity index is 185.